The Kier molecular flexibility index (Phi) is 8.42. The Bertz CT molecular complexity index is 1600. The van der Waals surface area contributed by atoms with Gasteiger partial charge in [-0.1, -0.05) is 73.8 Å². The third kappa shape index (κ3) is 6.40. The van der Waals surface area contributed by atoms with Crippen molar-refractivity contribution in [1.82, 2.24) is 20.3 Å². The van der Waals surface area contributed by atoms with Crippen molar-refractivity contribution in [1.29, 1.82) is 0 Å². The van der Waals surface area contributed by atoms with Gasteiger partial charge >= 0.3 is 0 Å². The number of Topliss-reactive ketones (excluding diaryl/α,β-unsaturated/α-hetero) is 1. The zero-order valence-electron chi connectivity index (χ0n) is 22.1. The first-order chi connectivity index (χ1) is 19.0. The molecule has 0 unspecified atom stereocenters. The molecule has 3 N–H and O–H groups in total. The molecule has 0 aliphatic heterocycles. The minimum Gasteiger partial charge on any atom is -0.361 e. The minimum atomic E-state index is -0.269. The van der Waals surface area contributed by atoms with E-state index in [9.17, 15) is 9.59 Å². The Morgan fingerprint density at radius 2 is 1.85 bits per heavy atom. The van der Waals surface area contributed by atoms with Gasteiger partial charge in [0.1, 0.15) is 11.6 Å². The SMILES string of the molecule is CCC(=O)CCCCC[C@H](NC(=O)Cc1c[nH]c2cccc(Cl)c12)c1ncc(-c2ccc3ccccc3c2)[nH]1. The molecule has 0 spiro atoms. The number of carbonyl (C=O) groups excluding carboxylic acids is 2. The number of aromatic amines is 2. The van der Waals surface area contributed by atoms with E-state index in [4.69, 9.17) is 11.6 Å². The summed E-state index contributed by atoms with van der Waals surface area (Å²) in [5.74, 6) is 0.932. The van der Waals surface area contributed by atoms with Gasteiger partial charge in [0.2, 0.25) is 5.91 Å². The molecule has 2 heterocycles. The molecule has 0 aliphatic carbocycles. The number of ketones is 1. The number of amides is 1. The molecule has 200 valence electrons. The van der Waals surface area contributed by atoms with E-state index in [1.54, 1.807) is 0 Å². The predicted molar refractivity (Wildman–Crippen MR) is 158 cm³/mol. The van der Waals surface area contributed by atoms with Crippen LogP contribution in [0.25, 0.3) is 32.9 Å². The number of imidazole rings is 1. The van der Waals surface area contributed by atoms with E-state index in [1.165, 1.54) is 5.39 Å². The fraction of sp³-hybridized carbons (Fsp3) is 0.281. The van der Waals surface area contributed by atoms with Gasteiger partial charge in [0.15, 0.2) is 0 Å². The van der Waals surface area contributed by atoms with Crippen LogP contribution >= 0.6 is 11.6 Å². The number of benzene rings is 3. The molecule has 0 bridgehead atoms. The van der Waals surface area contributed by atoms with Crippen LogP contribution in [-0.2, 0) is 16.0 Å². The summed E-state index contributed by atoms with van der Waals surface area (Å²) in [6.07, 6.45) is 8.48. The second-order valence-corrected chi connectivity index (χ2v) is 10.4. The molecule has 5 rings (SSSR count). The monoisotopic (exact) mass is 540 g/mol. The van der Waals surface area contributed by atoms with Gasteiger partial charge in [-0.15, -0.1) is 0 Å². The lowest BCUT2D eigenvalue weighted by Gasteiger charge is -2.17. The van der Waals surface area contributed by atoms with E-state index in [0.29, 0.717) is 23.6 Å². The first-order valence-electron chi connectivity index (χ1n) is 13.6. The van der Waals surface area contributed by atoms with Crippen LogP contribution in [0.5, 0.6) is 0 Å². The number of hydrogen-bond acceptors (Lipinski definition) is 3. The largest absolute Gasteiger partial charge is 0.361 e. The Hall–Kier alpha value is -3.90. The van der Waals surface area contributed by atoms with E-state index in [2.05, 4.69) is 50.6 Å². The molecule has 0 fully saturated rings. The van der Waals surface area contributed by atoms with Gasteiger partial charge in [-0.25, -0.2) is 4.98 Å². The summed E-state index contributed by atoms with van der Waals surface area (Å²) in [5.41, 5.74) is 3.73. The zero-order valence-corrected chi connectivity index (χ0v) is 22.9. The first-order valence-corrected chi connectivity index (χ1v) is 14.0. The molecule has 1 amide bonds. The van der Waals surface area contributed by atoms with Crippen molar-refractivity contribution in [2.45, 2.75) is 57.9 Å². The number of H-pyrrole nitrogens is 2. The molecule has 39 heavy (non-hydrogen) atoms. The molecule has 2 aromatic heterocycles. The van der Waals surface area contributed by atoms with Gasteiger partial charge in [0.05, 0.1) is 29.4 Å². The Balaban J connectivity index is 1.32. The second kappa shape index (κ2) is 12.3. The van der Waals surface area contributed by atoms with Crippen molar-refractivity contribution in [3.8, 4) is 11.3 Å². The summed E-state index contributed by atoms with van der Waals surface area (Å²) in [7, 11) is 0. The summed E-state index contributed by atoms with van der Waals surface area (Å²) in [6, 6.07) is 20.0. The lowest BCUT2D eigenvalue weighted by molar-refractivity contribution is -0.121. The van der Waals surface area contributed by atoms with Crippen LogP contribution in [0.1, 0.15) is 62.9 Å². The third-order valence-corrected chi connectivity index (χ3v) is 7.57. The molecule has 5 aromatic rings. The van der Waals surface area contributed by atoms with E-state index >= 15 is 0 Å². The van der Waals surface area contributed by atoms with Crippen LogP contribution in [0.2, 0.25) is 5.02 Å². The number of nitrogens with one attached hydrogen (secondary N) is 3. The summed E-state index contributed by atoms with van der Waals surface area (Å²) in [5, 5.41) is 7.06. The number of hydrogen-bond donors (Lipinski definition) is 3. The normalized spacial score (nSPS) is 12.2. The van der Waals surface area contributed by atoms with Crippen LogP contribution in [0.4, 0.5) is 0 Å². The van der Waals surface area contributed by atoms with Crippen molar-refractivity contribution in [2.75, 3.05) is 0 Å². The predicted octanol–water partition coefficient (Wildman–Crippen LogP) is 7.69. The second-order valence-electron chi connectivity index (χ2n) is 10.0. The van der Waals surface area contributed by atoms with Crippen molar-refractivity contribution >= 4 is 45.0 Å². The fourth-order valence-electron chi connectivity index (χ4n) is 5.08. The number of unbranched alkanes of at least 4 members (excludes halogenated alkanes) is 2. The molecule has 0 aliphatic rings. The standard InChI is InChI=1S/C32H33ClN4O2/c1-2-25(38)11-4-3-5-13-28(36-30(39)18-24-19-34-27-14-8-12-26(33)31(24)27)32-35-20-29(37-32)23-16-15-21-9-6-7-10-22(21)17-23/h6-10,12,14-17,19-20,28,34H,2-5,11,13,18H2,1H3,(H,35,37)(H,36,39)/t28-/m0/s1. The van der Waals surface area contributed by atoms with Gasteiger partial charge in [-0.3, -0.25) is 9.59 Å². The highest BCUT2D eigenvalue weighted by atomic mass is 35.5. The Morgan fingerprint density at radius 3 is 2.69 bits per heavy atom. The average molecular weight is 541 g/mol. The van der Waals surface area contributed by atoms with Crippen molar-refractivity contribution in [2.24, 2.45) is 0 Å². The fourth-order valence-corrected chi connectivity index (χ4v) is 5.38. The van der Waals surface area contributed by atoms with Crippen molar-refractivity contribution < 1.29 is 9.59 Å². The van der Waals surface area contributed by atoms with E-state index in [1.807, 2.05) is 49.6 Å². The van der Waals surface area contributed by atoms with Gasteiger partial charge < -0.3 is 15.3 Å². The summed E-state index contributed by atoms with van der Waals surface area (Å²) in [4.78, 5) is 36.3. The van der Waals surface area contributed by atoms with Crippen molar-refractivity contribution in [3.63, 3.8) is 0 Å². The third-order valence-electron chi connectivity index (χ3n) is 7.25. The highest BCUT2D eigenvalue weighted by Crippen LogP contribution is 2.28. The molecule has 0 saturated carbocycles. The first kappa shape index (κ1) is 26.7. The van der Waals surface area contributed by atoms with E-state index in [-0.39, 0.29) is 18.4 Å². The molecule has 3 aromatic carbocycles. The van der Waals surface area contributed by atoms with Crippen LogP contribution in [-0.4, -0.2) is 26.6 Å². The smallest absolute Gasteiger partial charge is 0.225 e. The molecule has 0 saturated heterocycles. The summed E-state index contributed by atoms with van der Waals surface area (Å²) in [6.45, 7) is 1.90. The van der Waals surface area contributed by atoms with Gasteiger partial charge in [0, 0.05) is 35.5 Å². The van der Waals surface area contributed by atoms with Crippen LogP contribution in [0, 0.1) is 0 Å². The highest BCUT2D eigenvalue weighted by molar-refractivity contribution is 6.35. The zero-order chi connectivity index (χ0) is 27.2. The molecule has 7 heteroatoms. The van der Waals surface area contributed by atoms with Gasteiger partial charge in [0.25, 0.3) is 0 Å². The van der Waals surface area contributed by atoms with Gasteiger partial charge in [-0.05, 0) is 47.4 Å². The number of aromatic nitrogens is 3. The molecule has 1 atom stereocenters. The Morgan fingerprint density at radius 1 is 1.00 bits per heavy atom. The van der Waals surface area contributed by atoms with E-state index < -0.39 is 0 Å². The lowest BCUT2D eigenvalue weighted by Crippen LogP contribution is -2.30. The molecular formula is C32H33ClN4O2. The average Bonchev–Trinajstić information content (AvgIpc) is 3.60. The number of fused-ring (bicyclic) bond motifs is 2. The van der Waals surface area contributed by atoms with Crippen LogP contribution in [0.3, 0.4) is 0 Å². The lowest BCUT2D eigenvalue weighted by atomic mass is 10.0. The maximum atomic E-state index is 13.2. The number of rotatable bonds is 12. The Labute approximate surface area is 233 Å². The quantitative estimate of drug-likeness (QED) is 0.142. The maximum Gasteiger partial charge on any atom is 0.225 e. The minimum absolute atomic E-state index is 0.0920. The molecule has 0 radical (unpaired) electrons. The highest BCUT2D eigenvalue weighted by Gasteiger charge is 2.20. The van der Waals surface area contributed by atoms with Crippen LogP contribution in [0.15, 0.2) is 73.1 Å². The van der Waals surface area contributed by atoms with Crippen molar-refractivity contribution in [3.05, 3.63) is 89.5 Å². The topological polar surface area (TPSA) is 90.6 Å². The molecular weight excluding hydrogens is 508 g/mol. The van der Waals surface area contributed by atoms with Crippen LogP contribution < -0.4 is 5.32 Å². The number of nitrogens with zero attached hydrogens (tertiary/aromatic N) is 1. The number of carbonyl (C=O) groups is 2. The summed E-state index contributed by atoms with van der Waals surface area (Å²) >= 11 is 6.43. The maximum absolute atomic E-state index is 13.2. The van der Waals surface area contributed by atoms with Gasteiger partial charge in [-0.2, -0.15) is 0 Å². The number of halogens is 1. The van der Waals surface area contributed by atoms with E-state index in [0.717, 1.165) is 64.6 Å². The summed E-state index contributed by atoms with van der Waals surface area (Å²) < 4.78 is 0. The molecule has 6 nitrogen and oxygen atoms in total.